The summed E-state index contributed by atoms with van der Waals surface area (Å²) in [5, 5.41) is 1.27. The van der Waals surface area contributed by atoms with Crippen molar-refractivity contribution in [3.63, 3.8) is 0 Å². The summed E-state index contributed by atoms with van der Waals surface area (Å²) in [6.07, 6.45) is 3.29. The highest BCUT2D eigenvalue weighted by Gasteiger charge is 2.03. The number of fused-ring (bicyclic) bond motifs is 1. The molecule has 0 N–H and O–H groups in total. The predicted octanol–water partition coefficient (Wildman–Crippen LogP) is 3.91. The van der Waals surface area contributed by atoms with Gasteiger partial charge in [0.1, 0.15) is 5.75 Å². The predicted molar refractivity (Wildman–Crippen MR) is 92.2 cm³/mol. The average molecular weight is 329 g/mol. The summed E-state index contributed by atoms with van der Waals surface area (Å²) in [6.45, 7) is 1.20. The molecule has 0 saturated heterocycles. The molecule has 0 spiro atoms. The third kappa shape index (κ3) is 3.71. The Morgan fingerprint density at radius 2 is 1.83 bits per heavy atom. The van der Waals surface area contributed by atoms with Gasteiger partial charge in [-0.25, -0.2) is 4.98 Å². The van der Waals surface area contributed by atoms with Crippen molar-refractivity contribution in [3.05, 3.63) is 70.2 Å². The smallest absolute Gasteiger partial charge is 0.261 e. The van der Waals surface area contributed by atoms with Crippen molar-refractivity contribution in [1.82, 2.24) is 9.55 Å². The molecule has 5 heteroatoms. The van der Waals surface area contributed by atoms with Gasteiger partial charge >= 0.3 is 0 Å². The molecule has 0 atom stereocenters. The fourth-order valence-corrected chi connectivity index (χ4v) is 2.58. The summed E-state index contributed by atoms with van der Waals surface area (Å²) in [6, 6.07) is 14.8. The Kier molecular flexibility index (Phi) is 4.93. The van der Waals surface area contributed by atoms with Gasteiger partial charge in [-0.3, -0.25) is 9.36 Å². The van der Waals surface area contributed by atoms with Crippen molar-refractivity contribution in [2.75, 3.05) is 6.61 Å². The lowest BCUT2D eigenvalue weighted by atomic mass is 10.2. The fourth-order valence-electron chi connectivity index (χ4n) is 2.39. The number of aromatic nitrogens is 2. The third-order valence-electron chi connectivity index (χ3n) is 3.62. The van der Waals surface area contributed by atoms with Crippen LogP contribution in [0.5, 0.6) is 5.75 Å². The number of para-hydroxylation sites is 2. The quantitative estimate of drug-likeness (QED) is 0.644. The van der Waals surface area contributed by atoms with Crippen LogP contribution in [0.25, 0.3) is 10.9 Å². The normalized spacial score (nSPS) is 10.8. The van der Waals surface area contributed by atoms with Gasteiger partial charge in [0.15, 0.2) is 0 Å². The van der Waals surface area contributed by atoms with E-state index in [0.717, 1.165) is 18.4 Å². The minimum atomic E-state index is 0.00243. The highest BCUT2D eigenvalue weighted by molar-refractivity contribution is 6.32. The number of nitrogens with zero attached hydrogens (tertiary/aromatic N) is 2. The van der Waals surface area contributed by atoms with Gasteiger partial charge < -0.3 is 4.74 Å². The summed E-state index contributed by atoms with van der Waals surface area (Å²) < 4.78 is 7.29. The molecule has 23 heavy (non-hydrogen) atoms. The van der Waals surface area contributed by atoms with Crippen LogP contribution >= 0.6 is 11.6 Å². The summed E-state index contributed by atoms with van der Waals surface area (Å²) in [5.74, 6) is 0.693. The van der Waals surface area contributed by atoms with Crippen LogP contribution in [0.2, 0.25) is 5.02 Å². The Balaban J connectivity index is 1.54. The Morgan fingerprint density at radius 1 is 1.04 bits per heavy atom. The highest BCUT2D eigenvalue weighted by atomic mass is 35.5. The lowest BCUT2D eigenvalue weighted by molar-refractivity contribution is 0.303. The van der Waals surface area contributed by atoms with E-state index in [0.29, 0.717) is 29.3 Å². The Morgan fingerprint density at radius 3 is 2.70 bits per heavy atom. The summed E-state index contributed by atoms with van der Waals surface area (Å²) in [5.41, 5.74) is 0.735. The number of rotatable bonds is 6. The molecule has 0 aliphatic carbocycles. The van der Waals surface area contributed by atoms with Gasteiger partial charge in [0.2, 0.25) is 0 Å². The molecule has 0 aliphatic heterocycles. The van der Waals surface area contributed by atoms with Crippen molar-refractivity contribution >= 4 is 22.5 Å². The van der Waals surface area contributed by atoms with Crippen LogP contribution in [-0.4, -0.2) is 16.2 Å². The molecule has 0 fully saturated rings. The van der Waals surface area contributed by atoms with E-state index in [1.165, 1.54) is 0 Å². The molecule has 0 saturated carbocycles. The first kappa shape index (κ1) is 15.6. The number of aryl methyl sites for hydroxylation is 1. The largest absolute Gasteiger partial charge is 0.492 e. The lowest BCUT2D eigenvalue weighted by Gasteiger charge is -2.09. The van der Waals surface area contributed by atoms with E-state index in [4.69, 9.17) is 16.3 Å². The lowest BCUT2D eigenvalue weighted by Crippen LogP contribution is -2.20. The Labute approximate surface area is 139 Å². The highest BCUT2D eigenvalue weighted by Crippen LogP contribution is 2.23. The van der Waals surface area contributed by atoms with E-state index < -0.39 is 0 Å². The SMILES string of the molecule is O=c1c2ccccc2ncn1CCCCOc1ccccc1Cl. The molecule has 1 heterocycles. The zero-order valence-electron chi connectivity index (χ0n) is 12.6. The van der Waals surface area contributed by atoms with Crippen molar-refractivity contribution in [2.24, 2.45) is 0 Å². The van der Waals surface area contributed by atoms with Gasteiger partial charge in [-0.1, -0.05) is 35.9 Å². The van der Waals surface area contributed by atoms with Crippen LogP contribution < -0.4 is 10.3 Å². The van der Waals surface area contributed by atoms with Gasteiger partial charge in [0.05, 0.1) is 28.9 Å². The molecule has 0 aliphatic rings. The topological polar surface area (TPSA) is 44.1 Å². The van der Waals surface area contributed by atoms with Crippen molar-refractivity contribution < 1.29 is 4.74 Å². The Bertz CT molecular complexity index is 861. The molecule has 0 bridgehead atoms. The second-order valence-corrected chi connectivity index (χ2v) is 5.65. The second kappa shape index (κ2) is 7.29. The first-order valence-electron chi connectivity index (χ1n) is 7.57. The van der Waals surface area contributed by atoms with E-state index in [1.807, 2.05) is 42.5 Å². The first-order chi connectivity index (χ1) is 11.3. The maximum Gasteiger partial charge on any atom is 0.261 e. The van der Waals surface area contributed by atoms with Crippen molar-refractivity contribution in [3.8, 4) is 5.75 Å². The molecule has 3 aromatic rings. The molecular weight excluding hydrogens is 312 g/mol. The Hall–Kier alpha value is -2.33. The van der Waals surface area contributed by atoms with Crippen LogP contribution in [0.4, 0.5) is 0 Å². The molecule has 2 aromatic carbocycles. The van der Waals surface area contributed by atoms with Crippen LogP contribution in [0.15, 0.2) is 59.7 Å². The van der Waals surface area contributed by atoms with Crippen LogP contribution in [0.1, 0.15) is 12.8 Å². The minimum Gasteiger partial charge on any atom is -0.492 e. The molecule has 118 valence electrons. The summed E-state index contributed by atoms with van der Waals surface area (Å²) in [4.78, 5) is 16.6. The molecule has 0 unspecified atom stereocenters. The number of hydrogen-bond acceptors (Lipinski definition) is 3. The van der Waals surface area contributed by atoms with Crippen molar-refractivity contribution in [1.29, 1.82) is 0 Å². The van der Waals surface area contributed by atoms with E-state index in [-0.39, 0.29) is 5.56 Å². The average Bonchev–Trinajstić information content (AvgIpc) is 2.58. The summed E-state index contributed by atoms with van der Waals surface area (Å²) in [7, 11) is 0. The third-order valence-corrected chi connectivity index (χ3v) is 3.93. The van der Waals surface area contributed by atoms with Gasteiger partial charge in [-0.15, -0.1) is 0 Å². The molecule has 4 nitrogen and oxygen atoms in total. The van der Waals surface area contributed by atoms with E-state index in [2.05, 4.69) is 4.98 Å². The maximum absolute atomic E-state index is 12.3. The monoisotopic (exact) mass is 328 g/mol. The summed E-state index contributed by atoms with van der Waals surface area (Å²) >= 11 is 6.03. The first-order valence-corrected chi connectivity index (χ1v) is 7.95. The van der Waals surface area contributed by atoms with Crippen LogP contribution in [0, 0.1) is 0 Å². The van der Waals surface area contributed by atoms with Gasteiger partial charge in [0, 0.05) is 6.54 Å². The number of hydrogen-bond donors (Lipinski definition) is 0. The second-order valence-electron chi connectivity index (χ2n) is 5.25. The van der Waals surface area contributed by atoms with E-state index in [9.17, 15) is 4.79 Å². The van der Waals surface area contributed by atoms with E-state index >= 15 is 0 Å². The standard InChI is InChI=1S/C18H17ClN2O2/c19-15-8-2-4-10-17(15)23-12-6-5-11-21-13-20-16-9-3-1-7-14(16)18(21)22/h1-4,7-10,13H,5-6,11-12H2. The maximum atomic E-state index is 12.3. The fraction of sp³-hybridized carbons (Fsp3) is 0.222. The van der Waals surface area contributed by atoms with Crippen molar-refractivity contribution in [2.45, 2.75) is 19.4 Å². The van der Waals surface area contributed by atoms with E-state index in [1.54, 1.807) is 17.0 Å². The zero-order chi connectivity index (χ0) is 16.1. The molecule has 1 aromatic heterocycles. The van der Waals surface area contributed by atoms with Gasteiger partial charge in [-0.2, -0.15) is 0 Å². The zero-order valence-corrected chi connectivity index (χ0v) is 13.4. The van der Waals surface area contributed by atoms with Crippen LogP contribution in [0.3, 0.4) is 0 Å². The van der Waals surface area contributed by atoms with Crippen LogP contribution in [-0.2, 0) is 6.54 Å². The molecule has 3 rings (SSSR count). The molecule has 0 amide bonds. The molecular formula is C18H17ClN2O2. The number of unbranched alkanes of at least 4 members (excludes halogenated alkanes) is 1. The minimum absolute atomic E-state index is 0.00243. The number of benzene rings is 2. The van der Waals surface area contributed by atoms with Gasteiger partial charge in [0.25, 0.3) is 5.56 Å². The number of ether oxygens (including phenoxy) is 1. The molecule has 0 radical (unpaired) electrons. The van der Waals surface area contributed by atoms with Gasteiger partial charge in [-0.05, 0) is 37.1 Å². The number of halogens is 1.